The Bertz CT molecular complexity index is 7260. The summed E-state index contributed by atoms with van der Waals surface area (Å²) in [7, 11) is 0. The van der Waals surface area contributed by atoms with Crippen molar-refractivity contribution >= 4 is 0 Å². The van der Waals surface area contributed by atoms with Gasteiger partial charge in [-0.1, -0.05) is 266 Å². The lowest BCUT2D eigenvalue weighted by Gasteiger charge is -2.16. The van der Waals surface area contributed by atoms with Crippen molar-refractivity contribution in [1.29, 1.82) is 0 Å². The van der Waals surface area contributed by atoms with Gasteiger partial charge in [0.15, 0.2) is 0 Å². The molecule has 21 rings (SSSR count). The first-order valence-corrected chi connectivity index (χ1v) is 49.9. The van der Waals surface area contributed by atoms with Crippen molar-refractivity contribution < 1.29 is 0 Å². The van der Waals surface area contributed by atoms with Gasteiger partial charge < -0.3 is 0 Å². The Hall–Kier alpha value is -16.4. The second kappa shape index (κ2) is 44.1. The molecule has 21 aromatic rings. The van der Waals surface area contributed by atoms with Gasteiger partial charge in [-0.3, -0.25) is 9.13 Å². The Morgan fingerprint density at radius 1 is 0.190 bits per heavy atom. The first-order chi connectivity index (χ1) is 69.4. The molecule has 0 unspecified atom stereocenters. The molecule has 702 valence electrons. The highest BCUT2D eigenvalue weighted by molar-refractivity contribution is 5.75. The predicted molar refractivity (Wildman–Crippen MR) is 585 cm³/mol. The average Bonchev–Trinajstić information content (AvgIpc) is 1.54. The summed E-state index contributed by atoms with van der Waals surface area (Å²) in [5.74, 6) is 1.92. The topological polar surface area (TPSA) is 107 Å². The van der Waals surface area contributed by atoms with E-state index < -0.39 is 0 Å². The molecule has 6 heterocycles. The molecular formula is C130H122N12. The van der Waals surface area contributed by atoms with Crippen LogP contribution in [-0.4, -0.2) is 58.2 Å². The number of hydrogen-bond acceptors (Lipinski definition) is 6. The number of hydrogen-bond donors (Lipinski definition) is 0. The monoisotopic (exact) mass is 1850 g/mol. The SMILES string of the molecule is Cc1cc(-c2ccccc2)cc(C)c1-n1ccnc1-c1ccc(CCc2cccc(CCc3ccc(-c4nccn4-c4c(C)cc(-c5ccccc5)cc4C)cc3)c2)cc1.Cc1cc(C)c(-c2ccnn2-c2ccc(CCc3cccc(CCc4ccc(-n5nccc5-c5c(C)cc(C)cc5C)cc4)c3)cc2)c(C)c1.c1cc(CCc2ccc(-n3cccn3)cc2)cc(CCc2ccc(-n3cccn3)cc2)c1. The minimum Gasteiger partial charge on any atom is -0.299 e. The van der Waals surface area contributed by atoms with Gasteiger partial charge in [0.25, 0.3) is 0 Å². The highest BCUT2D eigenvalue weighted by atomic mass is 15.3. The lowest BCUT2D eigenvalue weighted by molar-refractivity contribution is 0.875. The molecule has 0 aliphatic heterocycles. The van der Waals surface area contributed by atoms with Crippen LogP contribution in [0.1, 0.15) is 122 Å². The lowest BCUT2D eigenvalue weighted by Crippen LogP contribution is -2.02. The third kappa shape index (κ3) is 22.8. The predicted octanol–water partition coefficient (Wildman–Crippen LogP) is 30.0. The molecule has 0 N–H and O–H groups in total. The van der Waals surface area contributed by atoms with Gasteiger partial charge in [0.05, 0.1) is 57.9 Å². The number of benzene rings is 15. The molecule has 12 heteroatoms. The number of rotatable bonds is 30. The van der Waals surface area contributed by atoms with E-state index in [9.17, 15) is 0 Å². The molecule has 0 radical (unpaired) electrons. The fourth-order valence-electron chi connectivity index (χ4n) is 20.5. The summed E-state index contributed by atoms with van der Waals surface area (Å²) in [6, 6.07) is 128. The number of aryl methyl sites for hydroxylation is 22. The van der Waals surface area contributed by atoms with E-state index in [1.807, 2.05) is 58.7 Å². The van der Waals surface area contributed by atoms with Gasteiger partial charge in [-0.2, -0.15) is 20.4 Å². The van der Waals surface area contributed by atoms with Crippen LogP contribution in [0.2, 0.25) is 0 Å². The third-order valence-corrected chi connectivity index (χ3v) is 27.5. The van der Waals surface area contributed by atoms with Crippen LogP contribution in [0.15, 0.2) is 414 Å². The largest absolute Gasteiger partial charge is 0.299 e. The Balaban J connectivity index is 0.000000141. The molecule has 0 atom stereocenters. The summed E-state index contributed by atoms with van der Waals surface area (Å²) in [5, 5.41) is 18.0. The van der Waals surface area contributed by atoms with Crippen molar-refractivity contribution in [3.63, 3.8) is 0 Å². The molecule has 15 aromatic carbocycles. The smallest absolute Gasteiger partial charge is 0.144 e. The molecule has 6 aromatic heterocycles. The Morgan fingerprint density at radius 3 is 0.746 bits per heavy atom. The van der Waals surface area contributed by atoms with Crippen molar-refractivity contribution in [3.05, 3.63) is 536 Å². The molecule has 142 heavy (non-hydrogen) atoms. The zero-order valence-electron chi connectivity index (χ0n) is 83.1. The Labute approximate surface area is 836 Å². The summed E-state index contributed by atoms with van der Waals surface area (Å²) in [5.41, 5.74) is 47.7. The van der Waals surface area contributed by atoms with Crippen LogP contribution in [0.4, 0.5) is 0 Å². The van der Waals surface area contributed by atoms with E-state index in [4.69, 9.17) is 20.2 Å². The van der Waals surface area contributed by atoms with Gasteiger partial charge in [0.1, 0.15) is 11.6 Å². The van der Waals surface area contributed by atoms with E-state index in [1.165, 1.54) is 167 Å². The molecule has 0 spiro atoms. The lowest BCUT2D eigenvalue weighted by atomic mass is 9.97. The Kier molecular flexibility index (Phi) is 29.4. The Morgan fingerprint density at radius 2 is 0.465 bits per heavy atom. The maximum Gasteiger partial charge on any atom is 0.144 e. The van der Waals surface area contributed by atoms with Crippen molar-refractivity contribution in [2.24, 2.45) is 0 Å². The number of nitrogens with zero attached hydrogens (tertiary/aromatic N) is 12. The number of aromatic nitrogens is 12. The van der Waals surface area contributed by atoms with Gasteiger partial charge in [0, 0.05) is 71.8 Å². The molecule has 0 bridgehead atoms. The van der Waals surface area contributed by atoms with E-state index in [1.54, 1.807) is 12.4 Å². The van der Waals surface area contributed by atoms with Gasteiger partial charge in [-0.15, -0.1) is 0 Å². The third-order valence-electron chi connectivity index (χ3n) is 27.5. The highest BCUT2D eigenvalue weighted by Crippen LogP contribution is 2.37. The first kappa shape index (κ1) is 94.5. The van der Waals surface area contributed by atoms with E-state index in [2.05, 4.69) is 450 Å². The van der Waals surface area contributed by atoms with Crippen LogP contribution in [0.5, 0.6) is 0 Å². The summed E-state index contributed by atoms with van der Waals surface area (Å²) in [6.45, 7) is 21.8. The summed E-state index contributed by atoms with van der Waals surface area (Å²) in [4.78, 5) is 9.61. The summed E-state index contributed by atoms with van der Waals surface area (Å²) in [6.07, 6.45) is 31.5. The van der Waals surface area contributed by atoms with Crippen LogP contribution in [0.3, 0.4) is 0 Å². The fourth-order valence-corrected chi connectivity index (χ4v) is 20.5. The summed E-state index contributed by atoms with van der Waals surface area (Å²) >= 11 is 0. The second-order valence-electron chi connectivity index (χ2n) is 38.1. The molecule has 12 nitrogen and oxygen atoms in total. The van der Waals surface area contributed by atoms with Crippen LogP contribution in [0, 0.1) is 69.2 Å². The van der Waals surface area contributed by atoms with E-state index in [0.29, 0.717) is 0 Å². The van der Waals surface area contributed by atoms with Crippen molar-refractivity contribution in [1.82, 2.24) is 58.2 Å². The molecule has 0 aliphatic rings. The fraction of sp³-hybridized carbons (Fsp3) is 0.169. The molecular weight excluding hydrogens is 1730 g/mol. The van der Waals surface area contributed by atoms with Crippen LogP contribution >= 0.6 is 0 Å². The van der Waals surface area contributed by atoms with Gasteiger partial charge in [0.2, 0.25) is 0 Å². The second-order valence-corrected chi connectivity index (χ2v) is 38.1. The molecule has 0 fully saturated rings. The zero-order chi connectivity index (χ0) is 97.4. The van der Waals surface area contributed by atoms with Gasteiger partial charge in [-0.25, -0.2) is 28.7 Å². The maximum absolute atomic E-state index is 4.80. The quantitative estimate of drug-likeness (QED) is 0.0444. The van der Waals surface area contributed by atoms with E-state index >= 15 is 0 Å². The standard InChI is InChI=1S/C56H50N4.C46H46N4.C28H26N4/c1-39-34-51(47-14-7-5-8-15-47)35-40(2)53(39)59-32-30-57-55(59)49-26-22-43(23-27-49)18-20-45-12-11-13-46(38-45)21-19-44-24-28-50(29-25-44)56-58-31-33-60(56)54-41(3)36-52(37-42(54)4)48-16-9-6-10-17-48;1-31-26-33(3)45(34(4)27-31)43-22-24-47-49(43)41-18-14-37(15-19-41)10-12-39-8-7-9-40(30-39)13-11-38-16-20-42(21-17-38)50-44(23-25-48-50)46-35(5)28-32(2)29-36(46)6;1-4-25(8-6-23-10-14-27(15-11-23)31-20-2-18-29-31)22-26(5-1)9-7-24-12-16-28(17-13-24)32-21-3-19-30-32/h5-17,22-38H,18-21H2,1-4H3;7-9,14-30H,10-13H2,1-6H3;1-5,10-22H,6-9H2. The molecule has 0 amide bonds. The average molecular weight is 1850 g/mol. The summed E-state index contributed by atoms with van der Waals surface area (Å²) < 4.78 is 12.4. The van der Waals surface area contributed by atoms with Gasteiger partial charge >= 0.3 is 0 Å². The molecule has 0 saturated heterocycles. The number of imidazole rings is 2. The van der Waals surface area contributed by atoms with E-state index in [-0.39, 0.29) is 0 Å². The van der Waals surface area contributed by atoms with Crippen LogP contribution in [-0.2, 0) is 77.0 Å². The van der Waals surface area contributed by atoms with Crippen LogP contribution < -0.4 is 0 Å². The van der Waals surface area contributed by atoms with Crippen molar-refractivity contribution in [2.45, 2.75) is 146 Å². The molecule has 0 aliphatic carbocycles. The highest BCUT2D eigenvalue weighted by Gasteiger charge is 2.21. The first-order valence-electron chi connectivity index (χ1n) is 49.9. The minimum absolute atomic E-state index is 0.962. The van der Waals surface area contributed by atoms with E-state index in [0.717, 1.165) is 134 Å². The van der Waals surface area contributed by atoms with Crippen LogP contribution in [0.25, 0.3) is 102 Å². The zero-order valence-corrected chi connectivity index (χ0v) is 83.1. The minimum atomic E-state index is 0.962. The maximum atomic E-state index is 4.80. The van der Waals surface area contributed by atoms with Gasteiger partial charge in [-0.05, 0) is 377 Å². The normalized spacial score (nSPS) is 11.2. The van der Waals surface area contributed by atoms with Crippen molar-refractivity contribution in [3.8, 4) is 102 Å². The van der Waals surface area contributed by atoms with Crippen molar-refractivity contribution in [2.75, 3.05) is 0 Å². The molecule has 0 saturated carbocycles.